The topological polar surface area (TPSA) is 62.6 Å². The molecule has 5 nitrogen and oxygen atoms in total. The van der Waals surface area contributed by atoms with Crippen LogP contribution >= 0.6 is 0 Å². The molecule has 0 radical (unpaired) electrons. The zero-order chi connectivity index (χ0) is 16.1. The van der Waals surface area contributed by atoms with Crippen LogP contribution in [-0.4, -0.2) is 24.9 Å². The van der Waals surface area contributed by atoms with E-state index in [1.807, 2.05) is 26.0 Å². The average molecular weight is 300 g/mol. The van der Waals surface area contributed by atoms with Crippen LogP contribution < -0.4 is 10.2 Å². The van der Waals surface area contributed by atoms with Crippen LogP contribution in [-0.2, 0) is 4.79 Å². The first kappa shape index (κ1) is 15.8. The number of anilines is 1. The van der Waals surface area contributed by atoms with Crippen molar-refractivity contribution in [1.82, 2.24) is 5.32 Å². The van der Waals surface area contributed by atoms with Gasteiger partial charge in [0.15, 0.2) is 5.76 Å². The van der Waals surface area contributed by atoms with Crippen LogP contribution in [0.1, 0.15) is 28.6 Å². The van der Waals surface area contributed by atoms with Crippen LogP contribution in [0, 0.1) is 13.8 Å². The minimum Gasteiger partial charge on any atom is -0.459 e. The number of benzene rings is 1. The van der Waals surface area contributed by atoms with Gasteiger partial charge in [-0.2, -0.15) is 0 Å². The van der Waals surface area contributed by atoms with Gasteiger partial charge >= 0.3 is 0 Å². The summed E-state index contributed by atoms with van der Waals surface area (Å²) in [6, 6.07) is 9.24. The number of hydrogen-bond acceptors (Lipinski definition) is 3. The molecule has 0 aliphatic heterocycles. The highest BCUT2D eigenvalue weighted by Gasteiger charge is 2.13. The van der Waals surface area contributed by atoms with E-state index in [1.165, 1.54) is 13.2 Å². The number of nitrogens with one attached hydrogen (secondary N) is 1. The van der Waals surface area contributed by atoms with Crippen molar-refractivity contribution in [2.24, 2.45) is 0 Å². The first-order valence-corrected chi connectivity index (χ1v) is 7.15. The van der Waals surface area contributed by atoms with Gasteiger partial charge in [-0.3, -0.25) is 9.59 Å². The van der Waals surface area contributed by atoms with Crippen molar-refractivity contribution in [2.75, 3.05) is 18.0 Å². The summed E-state index contributed by atoms with van der Waals surface area (Å²) >= 11 is 0. The number of carbonyl (C=O) groups excluding carboxylic acids is 2. The third-order valence-corrected chi connectivity index (χ3v) is 3.26. The second-order valence-corrected chi connectivity index (χ2v) is 5.25. The van der Waals surface area contributed by atoms with Gasteiger partial charge in [0.05, 0.1) is 6.26 Å². The van der Waals surface area contributed by atoms with E-state index in [0.29, 0.717) is 13.1 Å². The van der Waals surface area contributed by atoms with Crippen molar-refractivity contribution >= 4 is 17.5 Å². The molecule has 22 heavy (non-hydrogen) atoms. The van der Waals surface area contributed by atoms with Gasteiger partial charge in [-0.05, 0) is 49.2 Å². The number of carbonyl (C=O) groups is 2. The number of aryl methyl sites for hydroxylation is 2. The van der Waals surface area contributed by atoms with Crippen molar-refractivity contribution < 1.29 is 14.0 Å². The lowest BCUT2D eigenvalue weighted by Crippen LogP contribution is -2.37. The third kappa shape index (κ3) is 3.97. The molecule has 0 unspecified atom stereocenters. The molecule has 0 saturated carbocycles. The number of amides is 2. The fraction of sp³-hybridized carbons (Fsp3) is 0.294. The number of furan rings is 1. The molecule has 0 spiro atoms. The van der Waals surface area contributed by atoms with Crippen LogP contribution in [0.4, 0.5) is 5.69 Å². The Hall–Kier alpha value is -2.56. The molecule has 2 rings (SSSR count). The smallest absolute Gasteiger partial charge is 0.287 e. The van der Waals surface area contributed by atoms with Gasteiger partial charge in [0, 0.05) is 25.7 Å². The van der Waals surface area contributed by atoms with Crippen molar-refractivity contribution in [3.63, 3.8) is 0 Å². The van der Waals surface area contributed by atoms with E-state index in [1.54, 1.807) is 17.0 Å². The molecule has 0 atom stereocenters. The maximum Gasteiger partial charge on any atom is 0.287 e. The predicted octanol–water partition coefficient (Wildman–Crippen LogP) is 2.68. The molecule has 2 aromatic rings. The maximum atomic E-state index is 11.9. The summed E-state index contributed by atoms with van der Waals surface area (Å²) in [5.41, 5.74) is 3.04. The van der Waals surface area contributed by atoms with Crippen molar-refractivity contribution in [2.45, 2.75) is 20.8 Å². The number of hydrogen-bond donors (Lipinski definition) is 1. The highest BCUT2D eigenvalue weighted by Crippen LogP contribution is 2.18. The molecule has 0 aliphatic rings. The van der Waals surface area contributed by atoms with Gasteiger partial charge in [-0.1, -0.05) is 6.07 Å². The summed E-state index contributed by atoms with van der Waals surface area (Å²) in [5.74, 6) is -0.0769. The molecule has 1 N–H and O–H groups in total. The molecule has 2 amide bonds. The van der Waals surface area contributed by atoms with Crippen LogP contribution in [0.3, 0.4) is 0 Å². The molecule has 0 fully saturated rings. The Morgan fingerprint density at radius 2 is 1.86 bits per heavy atom. The van der Waals surface area contributed by atoms with Crippen LogP contribution in [0.15, 0.2) is 41.0 Å². The Balaban J connectivity index is 2.00. The molecule has 1 aromatic heterocycles. The van der Waals surface area contributed by atoms with Gasteiger partial charge < -0.3 is 14.6 Å². The Morgan fingerprint density at radius 3 is 2.41 bits per heavy atom. The van der Waals surface area contributed by atoms with Crippen molar-refractivity contribution in [1.29, 1.82) is 0 Å². The molecule has 0 aliphatic carbocycles. The molecule has 1 aromatic carbocycles. The standard InChI is InChI=1S/C17H20N2O3/c1-12-9-13(2)11-15(10-12)19(14(3)20)7-6-18-17(21)16-5-4-8-22-16/h4-5,8-11H,6-7H2,1-3H3,(H,18,21). The van der Waals surface area contributed by atoms with Crippen molar-refractivity contribution in [3.05, 3.63) is 53.5 Å². The average Bonchev–Trinajstić information content (AvgIpc) is 2.95. The van der Waals surface area contributed by atoms with E-state index in [2.05, 4.69) is 11.4 Å². The predicted molar refractivity (Wildman–Crippen MR) is 85.0 cm³/mol. The van der Waals surface area contributed by atoms with Gasteiger partial charge in [-0.15, -0.1) is 0 Å². The van der Waals surface area contributed by atoms with E-state index in [0.717, 1.165) is 16.8 Å². The first-order chi connectivity index (χ1) is 10.5. The molecule has 0 bridgehead atoms. The van der Waals surface area contributed by atoms with E-state index in [4.69, 9.17) is 4.42 Å². The maximum absolute atomic E-state index is 11.9. The summed E-state index contributed by atoms with van der Waals surface area (Å²) in [6.45, 7) is 6.27. The summed E-state index contributed by atoms with van der Waals surface area (Å²) in [5, 5.41) is 2.74. The highest BCUT2D eigenvalue weighted by atomic mass is 16.3. The zero-order valence-electron chi connectivity index (χ0n) is 13.1. The molecular weight excluding hydrogens is 280 g/mol. The fourth-order valence-corrected chi connectivity index (χ4v) is 2.35. The second kappa shape index (κ2) is 6.93. The quantitative estimate of drug-likeness (QED) is 0.923. The summed E-state index contributed by atoms with van der Waals surface area (Å²) < 4.78 is 5.02. The molecule has 5 heteroatoms. The normalized spacial score (nSPS) is 10.3. The number of nitrogens with zero attached hydrogens (tertiary/aromatic N) is 1. The first-order valence-electron chi connectivity index (χ1n) is 7.15. The molecular formula is C17H20N2O3. The molecule has 1 heterocycles. The van der Waals surface area contributed by atoms with Gasteiger partial charge in [0.2, 0.25) is 5.91 Å². The fourth-order valence-electron chi connectivity index (χ4n) is 2.35. The van der Waals surface area contributed by atoms with E-state index in [9.17, 15) is 9.59 Å². The Bertz CT molecular complexity index is 642. The SMILES string of the molecule is CC(=O)N(CCNC(=O)c1ccco1)c1cc(C)cc(C)c1. The Morgan fingerprint density at radius 1 is 1.18 bits per heavy atom. The Labute approximate surface area is 129 Å². The molecule has 116 valence electrons. The lowest BCUT2D eigenvalue weighted by atomic mass is 10.1. The van der Waals surface area contributed by atoms with E-state index in [-0.39, 0.29) is 17.6 Å². The summed E-state index contributed by atoms with van der Waals surface area (Å²) in [7, 11) is 0. The van der Waals surface area contributed by atoms with Crippen molar-refractivity contribution in [3.8, 4) is 0 Å². The highest BCUT2D eigenvalue weighted by molar-refractivity contribution is 5.93. The van der Waals surface area contributed by atoms with Crippen LogP contribution in [0.2, 0.25) is 0 Å². The van der Waals surface area contributed by atoms with Gasteiger partial charge in [0.1, 0.15) is 0 Å². The van der Waals surface area contributed by atoms with Crippen LogP contribution in [0.5, 0.6) is 0 Å². The Kier molecular flexibility index (Phi) is 4.99. The number of rotatable bonds is 5. The zero-order valence-corrected chi connectivity index (χ0v) is 13.1. The largest absolute Gasteiger partial charge is 0.459 e. The summed E-state index contributed by atoms with van der Waals surface area (Å²) in [6.07, 6.45) is 1.45. The van der Waals surface area contributed by atoms with E-state index < -0.39 is 0 Å². The third-order valence-electron chi connectivity index (χ3n) is 3.26. The lowest BCUT2D eigenvalue weighted by Gasteiger charge is -2.22. The van der Waals surface area contributed by atoms with Gasteiger partial charge in [-0.25, -0.2) is 0 Å². The second-order valence-electron chi connectivity index (χ2n) is 5.25. The van der Waals surface area contributed by atoms with E-state index >= 15 is 0 Å². The monoisotopic (exact) mass is 300 g/mol. The molecule has 0 saturated heterocycles. The summed E-state index contributed by atoms with van der Waals surface area (Å²) in [4.78, 5) is 25.3. The minimum atomic E-state index is -0.283. The minimum absolute atomic E-state index is 0.0581. The van der Waals surface area contributed by atoms with Crippen LogP contribution in [0.25, 0.3) is 0 Å². The van der Waals surface area contributed by atoms with Gasteiger partial charge in [0.25, 0.3) is 5.91 Å². The lowest BCUT2D eigenvalue weighted by molar-refractivity contribution is -0.116.